The highest BCUT2D eigenvalue weighted by Gasteiger charge is 2.15. The molecule has 0 aromatic carbocycles. The lowest BCUT2D eigenvalue weighted by Crippen LogP contribution is -2.30. The van der Waals surface area contributed by atoms with Crippen molar-refractivity contribution in [1.29, 1.82) is 0 Å². The van der Waals surface area contributed by atoms with Crippen LogP contribution in [-0.2, 0) is 0 Å². The molecule has 3 heteroatoms. The molecule has 2 N–H and O–H groups in total. The zero-order valence-corrected chi connectivity index (χ0v) is 9.58. The first-order valence-electron chi connectivity index (χ1n) is 5.67. The molecule has 0 atom stereocenters. The van der Waals surface area contributed by atoms with Gasteiger partial charge in [-0.05, 0) is 39.2 Å². The topological polar surface area (TPSA) is 42.1 Å². The van der Waals surface area contributed by atoms with Gasteiger partial charge >= 0.3 is 0 Å². The zero-order chi connectivity index (χ0) is 10.8. The van der Waals surface area contributed by atoms with Crippen molar-refractivity contribution in [3.8, 4) is 0 Å². The van der Waals surface area contributed by atoms with Crippen LogP contribution in [0.2, 0.25) is 0 Å². The molecule has 1 aliphatic rings. The summed E-state index contributed by atoms with van der Waals surface area (Å²) in [5.41, 5.74) is 10.1. The lowest BCUT2D eigenvalue weighted by molar-refractivity contribution is 0.578. The molecule has 2 rings (SSSR count). The van der Waals surface area contributed by atoms with Crippen LogP contribution in [0.1, 0.15) is 30.7 Å². The molecule has 0 amide bonds. The van der Waals surface area contributed by atoms with E-state index >= 15 is 0 Å². The van der Waals surface area contributed by atoms with Gasteiger partial charge in [-0.2, -0.15) is 0 Å². The number of piperidine rings is 1. The fourth-order valence-corrected chi connectivity index (χ4v) is 2.21. The van der Waals surface area contributed by atoms with E-state index in [1.807, 2.05) is 13.8 Å². The minimum Gasteiger partial charge on any atom is -0.396 e. The van der Waals surface area contributed by atoms with E-state index in [0.717, 1.165) is 30.2 Å². The molecule has 0 bridgehead atoms. The number of nitrogens with zero attached hydrogens (tertiary/aromatic N) is 2. The molecule has 1 aromatic heterocycles. The van der Waals surface area contributed by atoms with E-state index in [2.05, 4.69) is 16.0 Å². The maximum atomic E-state index is 6.08. The van der Waals surface area contributed by atoms with Gasteiger partial charge in [-0.25, -0.2) is 0 Å². The van der Waals surface area contributed by atoms with Crippen molar-refractivity contribution >= 4 is 11.4 Å². The molecule has 0 radical (unpaired) electrons. The molecular formula is C12H19N3. The van der Waals surface area contributed by atoms with Crippen molar-refractivity contribution in [3.05, 3.63) is 17.5 Å². The molecule has 3 nitrogen and oxygen atoms in total. The van der Waals surface area contributed by atoms with Crippen LogP contribution in [0.25, 0.3) is 0 Å². The maximum Gasteiger partial charge on any atom is 0.0768 e. The molecule has 2 heterocycles. The quantitative estimate of drug-likeness (QED) is 0.764. The van der Waals surface area contributed by atoms with E-state index in [9.17, 15) is 0 Å². The molecule has 0 aliphatic carbocycles. The predicted molar refractivity (Wildman–Crippen MR) is 64.2 cm³/mol. The van der Waals surface area contributed by atoms with E-state index in [0.29, 0.717) is 0 Å². The van der Waals surface area contributed by atoms with Crippen LogP contribution in [0, 0.1) is 13.8 Å². The largest absolute Gasteiger partial charge is 0.396 e. The van der Waals surface area contributed by atoms with Gasteiger partial charge in [-0.15, -0.1) is 0 Å². The van der Waals surface area contributed by atoms with Gasteiger partial charge in [0.05, 0.1) is 17.1 Å². The van der Waals surface area contributed by atoms with Gasteiger partial charge in [-0.3, -0.25) is 4.98 Å². The smallest absolute Gasteiger partial charge is 0.0768 e. The van der Waals surface area contributed by atoms with Gasteiger partial charge in [0, 0.05) is 18.8 Å². The number of rotatable bonds is 1. The second-order valence-corrected chi connectivity index (χ2v) is 4.33. The Balaban J connectivity index is 2.33. The minimum absolute atomic E-state index is 0.850. The summed E-state index contributed by atoms with van der Waals surface area (Å²) in [6.45, 7) is 6.27. The van der Waals surface area contributed by atoms with Crippen LogP contribution >= 0.6 is 0 Å². The number of nitrogen functional groups attached to an aromatic ring is 1. The number of aryl methyl sites for hydroxylation is 2. The Morgan fingerprint density at radius 3 is 2.53 bits per heavy atom. The first kappa shape index (κ1) is 10.3. The molecule has 0 unspecified atom stereocenters. The molecule has 0 saturated carbocycles. The second-order valence-electron chi connectivity index (χ2n) is 4.33. The predicted octanol–water partition coefficient (Wildman–Crippen LogP) is 2.27. The van der Waals surface area contributed by atoms with Gasteiger partial charge in [0.2, 0.25) is 0 Å². The molecule has 82 valence electrons. The number of aromatic nitrogens is 1. The van der Waals surface area contributed by atoms with Gasteiger partial charge in [-0.1, -0.05) is 0 Å². The third-order valence-electron chi connectivity index (χ3n) is 3.05. The van der Waals surface area contributed by atoms with Crippen LogP contribution in [0.15, 0.2) is 6.07 Å². The van der Waals surface area contributed by atoms with Crippen molar-refractivity contribution in [1.82, 2.24) is 4.98 Å². The van der Waals surface area contributed by atoms with Crippen molar-refractivity contribution in [2.75, 3.05) is 23.7 Å². The van der Waals surface area contributed by atoms with Crippen molar-refractivity contribution in [2.24, 2.45) is 0 Å². The van der Waals surface area contributed by atoms with Crippen LogP contribution in [0.4, 0.5) is 11.4 Å². The Kier molecular flexibility index (Phi) is 2.80. The number of nitrogens with two attached hydrogens (primary N) is 1. The maximum absolute atomic E-state index is 6.08. The third-order valence-corrected chi connectivity index (χ3v) is 3.05. The number of anilines is 2. The summed E-state index contributed by atoms with van der Waals surface area (Å²) in [4.78, 5) is 6.77. The van der Waals surface area contributed by atoms with Crippen molar-refractivity contribution < 1.29 is 0 Å². The fraction of sp³-hybridized carbons (Fsp3) is 0.583. The normalized spacial score (nSPS) is 16.8. The Hall–Kier alpha value is -1.25. The summed E-state index contributed by atoms with van der Waals surface area (Å²) in [7, 11) is 0. The Morgan fingerprint density at radius 2 is 1.87 bits per heavy atom. The standard InChI is InChI=1S/C12H19N3/c1-9-8-11(12(13)10(2)14-9)15-6-4-3-5-7-15/h8H,3-7,13H2,1-2H3. The molecule has 1 saturated heterocycles. The van der Waals surface area contributed by atoms with E-state index in [-0.39, 0.29) is 0 Å². The van der Waals surface area contributed by atoms with Crippen LogP contribution in [-0.4, -0.2) is 18.1 Å². The minimum atomic E-state index is 0.850. The van der Waals surface area contributed by atoms with Crippen molar-refractivity contribution in [2.45, 2.75) is 33.1 Å². The summed E-state index contributed by atoms with van der Waals surface area (Å²) < 4.78 is 0. The third kappa shape index (κ3) is 2.06. The summed E-state index contributed by atoms with van der Waals surface area (Å²) in [6, 6.07) is 2.10. The Labute approximate surface area is 91.3 Å². The van der Waals surface area contributed by atoms with Gasteiger partial charge < -0.3 is 10.6 Å². The summed E-state index contributed by atoms with van der Waals surface area (Å²) in [6.07, 6.45) is 3.90. The first-order valence-corrected chi connectivity index (χ1v) is 5.67. The van der Waals surface area contributed by atoms with Gasteiger partial charge in [0.1, 0.15) is 0 Å². The summed E-state index contributed by atoms with van der Waals surface area (Å²) >= 11 is 0. The highest BCUT2D eigenvalue weighted by atomic mass is 15.1. The molecule has 15 heavy (non-hydrogen) atoms. The van der Waals surface area contributed by atoms with E-state index < -0.39 is 0 Å². The van der Waals surface area contributed by atoms with E-state index in [1.54, 1.807) is 0 Å². The molecular weight excluding hydrogens is 186 g/mol. The van der Waals surface area contributed by atoms with Crippen LogP contribution in [0.5, 0.6) is 0 Å². The lowest BCUT2D eigenvalue weighted by Gasteiger charge is -2.30. The van der Waals surface area contributed by atoms with Crippen molar-refractivity contribution in [3.63, 3.8) is 0 Å². The fourth-order valence-electron chi connectivity index (χ4n) is 2.21. The second kappa shape index (κ2) is 4.09. The van der Waals surface area contributed by atoms with Crippen LogP contribution in [0.3, 0.4) is 0 Å². The zero-order valence-electron chi connectivity index (χ0n) is 9.58. The molecule has 1 aromatic rings. The monoisotopic (exact) mass is 205 g/mol. The number of hydrogen-bond acceptors (Lipinski definition) is 3. The lowest BCUT2D eigenvalue weighted by atomic mass is 10.1. The van der Waals surface area contributed by atoms with Gasteiger partial charge in [0.15, 0.2) is 0 Å². The number of hydrogen-bond donors (Lipinski definition) is 1. The Morgan fingerprint density at radius 1 is 1.20 bits per heavy atom. The summed E-state index contributed by atoms with van der Waals surface area (Å²) in [5, 5.41) is 0. The molecule has 0 spiro atoms. The van der Waals surface area contributed by atoms with E-state index in [1.165, 1.54) is 24.9 Å². The average molecular weight is 205 g/mol. The highest BCUT2D eigenvalue weighted by molar-refractivity contribution is 5.70. The van der Waals surface area contributed by atoms with Crippen LogP contribution < -0.4 is 10.6 Å². The molecule has 1 fully saturated rings. The SMILES string of the molecule is Cc1cc(N2CCCCC2)c(N)c(C)n1. The van der Waals surface area contributed by atoms with Gasteiger partial charge in [0.25, 0.3) is 0 Å². The molecule has 1 aliphatic heterocycles. The Bertz CT molecular complexity index is 354. The average Bonchev–Trinajstić information content (AvgIpc) is 2.24. The highest BCUT2D eigenvalue weighted by Crippen LogP contribution is 2.28. The first-order chi connectivity index (χ1) is 7.18. The number of pyridine rings is 1. The summed E-state index contributed by atoms with van der Waals surface area (Å²) in [5.74, 6) is 0. The van der Waals surface area contributed by atoms with E-state index in [4.69, 9.17) is 5.73 Å².